The smallest absolute Gasteiger partial charge is 0.337 e. The molecule has 0 unspecified atom stereocenters. The zero-order chi connectivity index (χ0) is 12.3. The first-order valence-corrected chi connectivity index (χ1v) is 5.13. The Bertz CT molecular complexity index is 541. The van der Waals surface area contributed by atoms with Gasteiger partial charge in [0.25, 0.3) is 0 Å². The molecule has 0 spiro atoms. The van der Waals surface area contributed by atoms with Crippen molar-refractivity contribution in [2.75, 3.05) is 0 Å². The highest BCUT2D eigenvalue weighted by molar-refractivity contribution is 5.87. The number of hydrogen-bond acceptors (Lipinski definition) is 2. The van der Waals surface area contributed by atoms with Crippen LogP contribution >= 0.6 is 0 Å². The van der Waals surface area contributed by atoms with E-state index in [9.17, 15) is 4.79 Å². The Labute approximate surface area is 99.1 Å². The van der Waals surface area contributed by atoms with Gasteiger partial charge < -0.3 is 5.11 Å². The van der Waals surface area contributed by atoms with Crippen LogP contribution < -0.4 is 0 Å². The van der Waals surface area contributed by atoms with Gasteiger partial charge in [-0.3, -0.25) is 4.98 Å². The summed E-state index contributed by atoms with van der Waals surface area (Å²) in [6.45, 7) is 3.68. The van der Waals surface area contributed by atoms with Gasteiger partial charge in [0, 0.05) is 11.8 Å². The van der Waals surface area contributed by atoms with Crippen LogP contribution in [0.3, 0.4) is 0 Å². The number of carboxylic acids is 1. The number of benzene rings is 1. The summed E-state index contributed by atoms with van der Waals surface area (Å²) in [5, 5.41) is 8.76. The minimum atomic E-state index is -0.967. The van der Waals surface area contributed by atoms with Crippen molar-refractivity contribution in [3.8, 4) is 11.3 Å². The Balaban J connectivity index is 2.32. The van der Waals surface area contributed by atoms with Crippen LogP contribution in [0.1, 0.15) is 15.9 Å². The Kier molecular flexibility index (Phi) is 3.01. The summed E-state index contributed by atoms with van der Waals surface area (Å²) in [5.74, 6) is -0.967. The minimum Gasteiger partial charge on any atom is -0.478 e. The molecule has 2 aromatic rings. The molecule has 84 valence electrons. The molecule has 1 aromatic heterocycles. The zero-order valence-corrected chi connectivity index (χ0v) is 9.13. The second-order valence-electron chi connectivity index (χ2n) is 3.56. The molecule has 0 aliphatic carbocycles. The molecule has 0 radical (unpaired) electrons. The van der Waals surface area contributed by atoms with Crippen molar-refractivity contribution >= 4 is 12.0 Å². The van der Waals surface area contributed by atoms with Crippen molar-refractivity contribution in [2.24, 2.45) is 0 Å². The summed E-state index contributed by atoms with van der Waals surface area (Å²) in [6.07, 6.45) is 3.13. The van der Waals surface area contributed by atoms with E-state index in [0.717, 1.165) is 16.8 Å². The lowest BCUT2D eigenvalue weighted by Gasteiger charge is -2.02. The van der Waals surface area contributed by atoms with Gasteiger partial charge in [-0.25, -0.2) is 4.79 Å². The van der Waals surface area contributed by atoms with Crippen molar-refractivity contribution in [3.63, 3.8) is 0 Å². The second kappa shape index (κ2) is 4.61. The highest BCUT2D eigenvalue weighted by Crippen LogP contribution is 2.18. The van der Waals surface area contributed by atoms with Gasteiger partial charge in [-0.2, -0.15) is 0 Å². The molecule has 3 heteroatoms. The number of hydrogen-bond donors (Lipinski definition) is 1. The number of rotatable bonds is 3. The van der Waals surface area contributed by atoms with Crippen molar-refractivity contribution in [1.29, 1.82) is 0 Å². The van der Waals surface area contributed by atoms with Crippen LogP contribution in [0.2, 0.25) is 0 Å². The summed E-state index contributed by atoms with van der Waals surface area (Å²) in [4.78, 5) is 14.8. The molecule has 0 amide bonds. The summed E-state index contributed by atoms with van der Waals surface area (Å²) in [6, 6.07) is 11.0. The van der Waals surface area contributed by atoms with Gasteiger partial charge in [0.15, 0.2) is 0 Å². The number of pyridine rings is 1. The average Bonchev–Trinajstić information content (AvgIpc) is 2.39. The molecule has 1 N–H and O–H groups in total. The summed E-state index contributed by atoms with van der Waals surface area (Å²) in [5.41, 5.74) is 2.94. The molecule has 0 saturated carbocycles. The van der Waals surface area contributed by atoms with Crippen LogP contribution in [0.5, 0.6) is 0 Å². The molecular weight excluding hydrogens is 214 g/mol. The average molecular weight is 225 g/mol. The van der Waals surface area contributed by atoms with Gasteiger partial charge in [0.2, 0.25) is 0 Å². The first kappa shape index (κ1) is 11.1. The Hall–Kier alpha value is -2.42. The van der Waals surface area contributed by atoms with E-state index in [2.05, 4.69) is 11.6 Å². The number of carboxylic acid groups (broad SMARTS) is 1. The van der Waals surface area contributed by atoms with Crippen LogP contribution in [0.25, 0.3) is 17.3 Å². The van der Waals surface area contributed by atoms with Crippen LogP contribution in [0.15, 0.2) is 49.2 Å². The molecule has 0 aliphatic rings. The minimum absolute atomic E-state index is 0.191. The van der Waals surface area contributed by atoms with E-state index in [1.807, 2.05) is 24.3 Å². The maximum Gasteiger partial charge on any atom is 0.337 e. The van der Waals surface area contributed by atoms with E-state index in [0.29, 0.717) is 0 Å². The monoisotopic (exact) mass is 225 g/mol. The van der Waals surface area contributed by atoms with Gasteiger partial charge in [-0.05, 0) is 17.7 Å². The molecule has 0 saturated heterocycles. The summed E-state index contributed by atoms with van der Waals surface area (Å²) < 4.78 is 0. The predicted octanol–water partition coefficient (Wildman–Crippen LogP) is 3.09. The fraction of sp³-hybridized carbons (Fsp3) is 0. The lowest BCUT2D eigenvalue weighted by atomic mass is 10.1. The number of aromatic nitrogens is 1. The maximum atomic E-state index is 10.7. The molecule has 17 heavy (non-hydrogen) atoms. The van der Waals surface area contributed by atoms with Gasteiger partial charge in [0.05, 0.1) is 11.3 Å². The van der Waals surface area contributed by atoms with Crippen LogP contribution in [-0.4, -0.2) is 16.1 Å². The van der Waals surface area contributed by atoms with Gasteiger partial charge in [-0.15, -0.1) is 0 Å². The second-order valence-corrected chi connectivity index (χ2v) is 3.56. The van der Waals surface area contributed by atoms with E-state index >= 15 is 0 Å². The molecule has 0 aliphatic heterocycles. The molecule has 0 atom stereocenters. The summed E-state index contributed by atoms with van der Waals surface area (Å²) in [7, 11) is 0. The lowest BCUT2D eigenvalue weighted by Crippen LogP contribution is -1.96. The predicted molar refractivity (Wildman–Crippen MR) is 66.7 cm³/mol. The molecule has 0 bridgehead atoms. The fourth-order valence-electron chi connectivity index (χ4n) is 1.48. The molecule has 1 aromatic carbocycles. The van der Waals surface area contributed by atoms with Crippen LogP contribution in [0.4, 0.5) is 0 Å². The molecular formula is C14H11NO2. The standard InChI is InChI=1S/C14H11NO2/c1-2-10-3-5-11(6-4-10)13-8-7-12(9-15-13)14(16)17/h2-9H,1H2,(H,16,17). The molecule has 0 fully saturated rings. The highest BCUT2D eigenvalue weighted by atomic mass is 16.4. The van der Waals surface area contributed by atoms with Crippen molar-refractivity contribution in [3.05, 3.63) is 60.3 Å². The number of aromatic carboxylic acids is 1. The molecule has 3 nitrogen and oxygen atoms in total. The number of carbonyl (C=O) groups is 1. The van der Waals surface area contributed by atoms with Gasteiger partial charge in [0.1, 0.15) is 0 Å². The van der Waals surface area contributed by atoms with E-state index in [1.165, 1.54) is 6.20 Å². The third-order valence-corrected chi connectivity index (χ3v) is 2.45. The van der Waals surface area contributed by atoms with Gasteiger partial charge >= 0.3 is 5.97 Å². The Morgan fingerprint density at radius 3 is 2.35 bits per heavy atom. The quantitative estimate of drug-likeness (QED) is 0.873. The molecule has 1 heterocycles. The first-order chi connectivity index (χ1) is 8.20. The van der Waals surface area contributed by atoms with Crippen LogP contribution in [0, 0.1) is 0 Å². The van der Waals surface area contributed by atoms with Gasteiger partial charge in [-0.1, -0.05) is 36.9 Å². The third kappa shape index (κ3) is 2.39. The SMILES string of the molecule is C=Cc1ccc(-c2ccc(C(=O)O)cn2)cc1. The van der Waals surface area contributed by atoms with Crippen LogP contribution in [-0.2, 0) is 0 Å². The van der Waals surface area contributed by atoms with Crippen molar-refractivity contribution in [1.82, 2.24) is 4.98 Å². The van der Waals surface area contributed by atoms with E-state index in [4.69, 9.17) is 5.11 Å². The largest absolute Gasteiger partial charge is 0.478 e. The fourth-order valence-corrected chi connectivity index (χ4v) is 1.48. The zero-order valence-electron chi connectivity index (χ0n) is 9.13. The van der Waals surface area contributed by atoms with E-state index in [-0.39, 0.29) is 5.56 Å². The van der Waals surface area contributed by atoms with E-state index < -0.39 is 5.97 Å². The normalized spacial score (nSPS) is 9.88. The Morgan fingerprint density at radius 1 is 1.18 bits per heavy atom. The maximum absolute atomic E-state index is 10.7. The number of nitrogens with zero attached hydrogens (tertiary/aromatic N) is 1. The lowest BCUT2D eigenvalue weighted by molar-refractivity contribution is 0.0696. The highest BCUT2D eigenvalue weighted by Gasteiger charge is 2.04. The van der Waals surface area contributed by atoms with Crippen molar-refractivity contribution in [2.45, 2.75) is 0 Å². The third-order valence-electron chi connectivity index (χ3n) is 2.45. The topological polar surface area (TPSA) is 50.2 Å². The molecule has 2 rings (SSSR count). The van der Waals surface area contributed by atoms with E-state index in [1.54, 1.807) is 18.2 Å². The first-order valence-electron chi connectivity index (χ1n) is 5.13. The summed E-state index contributed by atoms with van der Waals surface area (Å²) >= 11 is 0. The van der Waals surface area contributed by atoms with Crippen molar-refractivity contribution < 1.29 is 9.90 Å². The Morgan fingerprint density at radius 2 is 1.88 bits per heavy atom.